The number of benzene rings is 2. The Morgan fingerprint density at radius 1 is 1.14 bits per heavy atom. The van der Waals surface area contributed by atoms with Crippen LogP contribution in [0.2, 0.25) is 0 Å². The van der Waals surface area contributed by atoms with E-state index >= 15 is 0 Å². The molecule has 0 fully saturated rings. The topological polar surface area (TPSA) is 76.3 Å². The normalized spacial score (nSPS) is 13.7. The fraction of sp³-hybridized carbons (Fsp3) is 0.185. The van der Waals surface area contributed by atoms with Gasteiger partial charge in [-0.3, -0.25) is 14.2 Å². The average Bonchev–Trinajstić information content (AvgIpc) is 3.27. The Morgan fingerprint density at radius 2 is 1.89 bits per heavy atom. The van der Waals surface area contributed by atoms with Crippen LogP contribution in [0.1, 0.15) is 28.8 Å². The van der Waals surface area contributed by atoms with Gasteiger partial charge in [-0.05, 0) is 83.1 Å². The Morgan fingerprint density at radius 3 is 2.68 bits per heavy atom. The predicted octanol–water partition coefficient (Wildman–Crippen LogP) is 6.72. The summed E-state index contributed by atoms with van der Waals surface area (Å²) in [7, 11) is 0. The summed E-state index contributed by atoms with van der Waals surface area (Å²) in [4.78, 5) is 33.2. The lowest BCUT2D eigenvalue weighted by Gasteiger charge is -2.13. The van der Waals surface area contributed by atoms with Gasteiger partial charge in [0.2, 0.25) is 0 Å². The number of hydrogen-bond donors (Lipinski definition) is 1. The van der Waals surface area contributed by atoms with E-state index in [0.717, 1.165) is 56.0 Å². The molecule has 0 saturated carbocycles. The molecular formula is C27H22Br2N4O2S2. The SMILES string of the molecule is O=C(CSc1nc2sc3c(c2c(=O)n1-c1ccc(Br)cc1)CCCC3)NN=CC(Br)=Cc1ccccc1. The molecule has 37 heavy (non-hydrogen) atoms. The number of thiophene rings is 1. The summed E-state index contributed by atoms with van der Waals surface area (Å²) in [5.74, 6) is -0.222. The molecule has 1 N–H and O–H groups in total. The van der Waals surface area contributed by atoms with Gasteiger partial charge in [0.05, 0.1) is 23.0 Å². The third-order valence-electron chi connectivity index (χ3n) is 5.86. The molecule has 1 aliphatic carbocycles. The number of thioether (sulfide) groups is 1. The van der Waals surface area contributed by atoms with Crippen molar-refractivity contribution in [3.63, 3.8) is 0 Å². The van der Waals surface area contributed by atoms with Crippen molar-refractivity contribution in [1.29, 1.82) is 0 Å². The van der Waals surface area contributed by atoms with Gasteiger partial charge in [0.25, 0.3) is 11.5 Å². The van der Waals surface area contributed by atoms with E-state index < -0.39 is 0 Å². The van der Waals surface area contributed by atoms with E-state index in [1.54, 1.807) is 15.9 Å². The second-order valence-corrected chi connectivity index (χ2v) is 12.3. The van der Waals surface area contributed by atoms with Crippen molar-refractivity contribution in [2.45, 2.75) is 30.8 Å². The van der Waals surface area contributed by atoms with Crippen molar-refractivity contribution >= 4 is 83.4 Å². The zero-order valence-corrected chi connectivity index (χ0v) is 24.4. The largest absolute Gasteiger partial charge is 0.272 e. The van der Waals surface area contributed by atoms with Crippen molar-refractivity contribution in [1.82, 2.24) is 15.0 Å². The lowest BCUT2D eigenvalue weighted by molar-refractivity contribution is -0.118. The minimum atomic E-state index is -0.288. The first-order chi connectivity index (χ1) is 18.0. The highest BCUT2D eigenvalue weighted by Gasteiger charge is 2.23. The van der Waals surface area contributed by atoms with Crippen LogP contribution >= 0.6 is 55.0 Å². The maximum absolute atomic E-state index is 13.8. The molecule has 0 radical (unpaired) electrons. The number of halogens is 2. The zero-order chi connectivity index (χ0) is 25.8. The number of hydrazone groups is 1. The average molecular weight is 658 g/mol. The minimum absolute atomic E-state index is 0.0664. The van der Waals surface area contributed by atoms with E-state index in [0.29, 0.717) is 10.8 Å². The molecule has 6 nitrogen and oxygen atoms in total. The number of aromatic nitrogens is 2. The van der Waals surface area contributed by atoms with E-state index in [4.69, 9.17) is 4.98 Å². The highest BCUT2D eigenvalue weighted by molar-refractivity contribution is 9.12. The predicted molar refractivity (Wildman–Crippen MR) is 160 cm³/mol. The van der Waals surface area contributed by atoms with Crippen LogP contribution in [0.15, 0.2) is 78.6 Å². The number of nitrogens with zero attached hydrogens (tertiary/aromatic N) is 3. The first-order valence-electron chi connectivity index (χ1n) is 11.7. The van der Waals surface area contributed by atoms with Gasteiger partial charge in [-0.1, -0.05) is 58.0 Å². The number of carbonyl (C=O) groups is 1. The summed E-state index contributed by atoms with van der Waals surface area (Å²) in [6.45, 7) is 0. The molecule has 0 bridgehead atoms. The molecule has 0 spiro atoms. The van der Waals surface area contributed by atoms with E-state index in [2.05, 4.69) is 42.4 Å². The first kappa shape index (κ1) is 26.1. The number of rotatable bonds is 7. The molecule has 0 atom stereocenters. The number of aryl methyl sites for hydroxylation is 2. The number of allylic oxidation sites excluding steroid dienone is 1. The molecular weight excluding hydrogens is 636 g/mol. The number of carbonyl (C=O) groups excluding carboxylic acids is 1. The van der Waals surface area contributed by atoms with Gasteiger partial charge in [-0.2, -0.15) is 5.10 Å². The molecule has 0 saturated heterocycles. The number of fused-ring (bicyclic) bond motifs is 3. The Bertz CT molecular complexity index is 1560. The summed E-state index contributed by atoms with van der Waals surface area (Å²) in [5.41, 5.74) is 5.35. The number of amides is 1. The van der Waals surface area contributed by atoms with Crippen molar-refractivity contribution < 1.29 is 4.79 Å². The lowest BCUT2D eigenvalue weighted by Crippen LogP contribution is -2.24. The Balaban J connectivity index is 1.38. The number of hydrogen-bond acceptors (Lipinski definition) is 6. The van der Waals surface area contributed by atoms with E-state index in [1.807, 2.05) is 60.7 Å². The van der Waals surface area contributed by atoms with Crippen LogP contribution in [0.4, 0.5) is 0 Å². The van der Waals surface area contributed by atoms with Gasteiger partial charge in [-0.15, -0.1) is 11.3 Å². The van der Waals surface area contributed by atoms with Crippen LogP contribution in [0, 0.1) is 0 Å². The highest BCUT2D eigenvalue weighted by Crippen LogP contribution is 2.35. The second kappa shape index (κ2) is 11.9. The number of nitrogens with one attached hydrogen (secondary N) is 1. The van der Waals surface area contributed by atoms with Crippen LogP contribution in [0.25, 0.3) is 22.0 Å². The minimum Gasteiger partial charge on any atom is -0.272 e. The fourth-order valence-corrected chi connectivity index (χ4v) is 6.91. The standard InChI is InChI=1S/C27H22Br2N4O2S2/c28-18-10-12-20(13-11-18)33-26(35)24-21-8-4-5-9-22(21)37-25(24)31-27(33)36-16-23(34)32-30-15-19(29)14-17-6-2-1-3-7-17/h1-3,6-7,10-15H,4-5,8-9,16H2,(H,32,34). The van der Waals surface area contributed by atoms with Crippen molar-refractivity contribution in [2.24, 2.45) is 5.10 Å². The van der Waals surface area contributed by atoms with Gasteiger partial charge in [-0.25, -0.2) is 10.4 Å². The molecule has 2 aromatic heterocycles. The van der Waals surface area contributed by atoms with Gasteiger partial charge in [0, 0.05) is 13.8 Å². The van der Waals surface area contributed by atoms with E-state index in [-0.39, 0.29) is 17.2 Å². The maximum atomic E-state index is 13.8. The van der Waals surface area contributed by atoms with Gasteiger partial charge in [0.1, 0.15) is 4.83 Å². The van der Waals surface area contributed by atoms with E-state index in [1.165, 1.54) is 22.9 Å². The third-order valence-corrected chi connectivity index (χ3v) is 8.94. The van der Waals surface area contributed by atoms with Gasteiger partial charge >= 0.3 is 0 Å². The van der Waals surface area contributed by atoms with Crippen LogP contribution in [0.3, 0.4) is 0 Å². The summed E-state index contributed by atoms with van der Waals surface area (Å²) in [6.07, 6.45) is 7.57. The molecule has 10 heteroatoms. The highest BCUT2D eigenvalue weighted by atomic mass is 79.9. The van der Waals surface area contributed by atoms with Crippen LogP contribution in [-0.2, 0) is 17.6 Å². The molecule has 2 aromatic carbocycles. The Kier molecular flexibility index (Phi) is 8.39. The Labute approximate surface area is 239 Å². The van der Waals surface area contributed by atoms with Gasteiger partial charge in [0.15, 0.2) is 5.16 Å². The van der Waals surface area contributed by atoms with E-state index in [9.17, 15) is 9.59 Å². The maximum Gasteiger partial charge on any atom is 0.267 e. The summed E-state index contributed by atoms with van der Waals surface area (Å²) < 4.78 is 3.27. The van der Waals surface area contributed by atoms with Crippen molar-refractivity contribution in [3.05, 3.63) is 89.9 Å². The lowest BCUT2D eigenvalue weighted by atomic mass is 9.97. The first-order valence-corrected chi connectivity index (χ1v) is 15.1. The second-order valence-electron chi connectivity index (χ2n) is 8.42. The van der Waals surface area contributed by atoms with Crippen LogP contribution in [0.5, 0.6) is 0 Å². The third kappa shape index (κ3) is 6.14. The van der Waals surface area contributed by atoms with Gasteiger partial charge < -0.3 is 0 Å². The molecule has 0 aliphatic heterocycles. The molecule has 5 rings (SSSR count). The molecule has 188 valence electrons. The Hall–Kier alpha value is -2.53. The van der Waals surface area contributed by atoms with Crippen molar-refractivity contribution in [3.8, 4) is 5.69 Å². The van der Waals surface area contributed by atoms with Crippen molar-refractivity contribution in [2.75, 3.05) is 5.75 Å². The summed E-state index contributed by atoms with van der Waals surface area (Å²) in [5, 5.41) is 5.24. The molecule has 1 amide bonds. The molecule has 2 heterocycles. The summed E-state index contributed by atoms with van der Waals surface area (Å²) >= 11 is 9.73. The molecule has 0 unspecified atom stereocenters. The molecule has 4 aromatic rings. The fourth-order valence-electron chi connectivity index (χ4n) is 4.18. The quantitative estimate of drug-likeness (QED) is 0.104. The monoisotopic (exact) mass is 656 g/mol. The van der Waals surface area contributed by atoms with Crippen LogP contribution in [-0.4, -0.2) is 27.4 Å². The summed E-state index contributed by atoms with van der Waals surface area (Å²) in [6, 6.07) is 17.3. The van der Waals surface area contributed by atoms with Crippen LogP contribution < -0.4 is 11.0 Å². The smallest absolute Gasteiger partial charge is 0.267 e. The zero-order valence-electron chi connectivity index (χ0n) is 19.6. The molecule has 1 aliphatic rings.